The Morgan fingerprint density at radius 1 is 1.45 bits per heavy atom. The third-order valence-electron chi connectivity index (χ3n) is 2.55. The first kappa shape index (κ1) is 14.7. The quantitative estimate of drug-likeness (QED) is 0.876. The molecule has 3 N–H and O–H groups in total. The molecule has 20 heavy (non-hydrogen) atoms. The molecule has 0 bridgehead atoms. The molecule has 0 fully saturated rings. The van der Waals surface area contributed by atoms with E-state index in [1.165, 1.54) is 11.3 Å². The average Bonchev–Trinajstić information content (AvgIpc) is 2.84. The fraction of sp³-hybridized carbons (Fsp3) is 0.214. The molecular formula is C14H15ClN2O2S. The summed E-state index contributed by atoms with van der Waals surface area (Å²) in [5.41, 5.74) is 6.74. The van der Waals surface area contributed by atoms with Crippen molar-refractivity contribution in [1.82, 2.24) is 0 Å². The number of nitrogen functional groups attached to an aromatic ring is 1. The van der Waals surface area contributed by atoms with Gasteiger partial charge in [-0.3, -0.25) is 4.79 Å². The minimum absolute atomic E-state index is 0.263. The average molecular weight is 311 g/mol. The van der Waals surface area contributed by atoms with Gasteiger partial charge in [-0.05, 0) is 36.1 Å². The minimum atomic E-state index is -0.263. The predicted molar refractivity (Wildman–Crippen MR) is 83.9 cm³/mol. The molecule has 0 aliphatic heterocycles. The number of hydrogen-bond acceptors (Lipinski definition) is 4. The Morgan fingerprint density at radius 2 is 2.25 bits per heavy atom. The Bertz CT molecular complexity index is 613. The molecular weight excluding hydrogens is 296 g/mol. The molecule has 0 saturated carbocycles. The lowest BCUT2D eigenvalue weighted by Gasteiger charge is -2.12. The Morgan fingerprint density at radius 3 is 2.90 bits per heavy atom. The first-order valence-electron chi connectivity index (χ1n) is 6.18. The van der Waals surface area contributed by atoms with E-state index < -0.39 is 0 Å². The van der Waals surface area contributed by atoms with Crippen molar-refractivity contribution in [3.63, 3.8) is 0 Å². The molecule has 2 aromatic rings. The van der Waals surface area contributed by atoms with Crippen LogP contribution < -0.4 is 15.8 Å². The lowest BCUT2D eigenvalue weighted by Crippen LogP contribution is -2.13. The SMILES string of the molecule is CCCOc1ccc(Cl)cc1NC(=O)c1sccc1N. The molecule has 0 atom stereocenters. The molecule has 0 aliphatic rings. The lowest BCUT2D eigenvalue weighted by atomic mass is 10.2. The van der Waals surface area contributed by atoms with E-state index in [2.05, 4.69) is 5.32 Å². The molecule has 0 radical (unpaired) electrons. The molecule has 1 amide bonds. The molecule has 4 nitrogen and oxygen atoms in total. The molecule has 0 saturated heterocycles. The van der Waals surface area contributed by atoms with Crippen molar-refractivity contribution in [2.45, 2.75) is 13.3 Å². The smallest absolute Gasteiger partial charge is 0.267 e. The van der Waals surface area contributed by atoms with Crippen molar-refractivity contribution in [1.29, 1.82) is 0 Å². The third kappa shape index (κ3) is 3.43. The highest BCUT2D eigenvalue weighted by atomic mass is 35.5. The van der Waals surface area contributed by atoms with Gasteiger partial charge in [-0.25, -0.2) is 0 Å². The highest BCUT2D eigenvalue weighted by Gasteiger charge is 2.14. The summed E-state index contributed by atoms with van der Waals surface area (Å²) < 4.78 is 5.59. The Hall–Kier alpha value is -1.72. The summed E-state index contributed by atoms with van der Waals surface area (Å²) in [7, 11) is 0. The van der Waals surface area contributed by atoms with Crippen LogP contribution in [-0.2, 0) is 0 Å². The molecule has 1 heterocycles. The van der Waals surface area contributed by atoms with Gasteiger partial charge >= 0.3 is 0 Å². The van der Waals surface area contributed by atoms with Gasteiger partial charge in [0.05, 0.1) is 18.0 Å². The van der Waals surface area contributed by atoms with Crippen LogP contribution in [0.25, 0.3) is 0 Å². The van der Waals surface area contributed by atoms with Gasteiger partial charge in [-0.15, -0.1) is 11.3 Å². The number of ether oxygens (including phenoxy) is 1. The fourth-order valence-electron chi connectivity index (χ4n) is 1.62. The second-order valence-electron chi connectivity index (χ2n) is 4.15. The lowest BCUT2D eigenvalue weighted by molar-refractivity contribution is 0.103. The first-order valence-corrected chi connectivity index (χ1v) is 7.44. The Labute approximate surface area is 126 Å². The number of rotatable bonds is 5. The molecule has 2 rings (SSSR count). The van der Waals surface area contributed by atoms with Crippen LogP contribution in [0, 0.1) is 0 Å². The van der Waals surface area contributed by atoms with E-state index in [1.807, 2.05) is 6.92 Å². The van der Waals surface area contributed by atoms with Crippen LogP contribution in [0.1, 0.15) is 23.0 Å². The van der Waals surface area contributed by atoms with Crippen molar-refractivity contribution >= 4 is 40.2 Å². The number of nitrogens with one attached hydrogen (secondary N) is 1. The van der Waals surface area contributed by atoms with E-state index in [0.29, 0.717) is 33.6 Å². The predicted octanol–water partition coefficient (Wildman–Crippen LogP) is 4.02. The standard InChI is InChI=1S/C14H15ClN2O2S/c1-2-6-19-12-4-3-9(15)8-11(12)17-14(18)13-10(16)5-7-20-13/h3-5,7-8H,2,6,16H2,1H3,(H,17,18). The van der Waals surface area contributed by atoms with Crippen LogP contribution in [0.3, 0.4) is 0 Å². The number of hydrogen-bond donors (Lipinski definition) is 2. The van der Waals surface area contributed by atoms with Gasteiger partial charge in [-0.2, -0.15) is 0 Å². The highest BCUT2D eigenvalue weighted by Crippen LogP contribution is 2.29. The van der Waals surface area contributed by atoms with Crippen LogP contribution in [0.15, 0.2) is 29.6 Å². The Kier molecular flexibility index (Phi) is 4.87. The van der Waals surface area contributed by atoms with E-state index in [1.54, 1.807) is 29.6 Å². The molecule has 0 aliphatic carbocycles. The molecule has 0 unspecified atom stereocenters. The Balaban J connectivity index is 2.21. The van der Waals surface area contributed by atoms with E-state index >= 15 is 0 Å². The molecule has 0 spiro atoms. The van der Waals surface area contributed by atoms with E-state index in [0.717, 1.165) is 6.42 Å². The summed E-state index contributed by atoms with van der Waals surface area (Å²) in [6.45, 7) is 2.59. The highest BCUT2D eigenvalue weighted by molar-refractivity contribution is 7.12. The van der Waals surface area contributed by atoms with Crippen molar-refractivity contribution in [3.05, 3.63) is 39.5 Å². The van der Waals surface area contributed by atoms with Crippen LogP contribution in [0.2, 0.25) is 5.02 Å². The van der Waals surface area contributed by atoms with E-state index in [-0.39, 0.29) is 5.91 Å². The van der Waals surface area contributed by atoms with E-state index in [9.17, 15) is 4.79 Å². The molecule has 1 aromatic heterocycles. The molecule has 106 valence electrons. The second-order valence-corrected chi connectivity index (χ2v) is 5.50. The van der Waals surface area contributed by atoms with Crippen molar-refractivity contribution in [2.24, 2.45) is 0 Å². The fourth-order valence-corrected chi connectivity index (χ4v) is 2.51. The largest absolute Gasteiger partial charge is 0.491 e. The zero-order chi connectivity index (χ0) is 14.5. The topological polar surface area (TPSA) is 64.3 Å². The van der Waals surface area contributed by atoms with Gasteiger partial charge in [0.1, 0.15) is 10.6 Å². The molecule has 1 aromatic carbocycles. The number of halogens is 1. The maximum Gasteiger partial charge on any atom is 0.267 e. The summed E-state index contributed by atoms with van der Waals surface area (Å²) in [5, 5.41) is 5.09. The van der Waals surface area contributed by atoms with Gasteiger partial charge in [0.25, 0.3) is 5.91 Å². The maximum absolute atomic E-state index is 12.2. The van der Waals surface area contributed by atoms with Gasteiger partial charge in [0.2, 0.25) is 0 Å². The third-order valence-corrected chi connectivity index (χ3v) is 3.72. The van der Waals surface area contributed by atoms with Crippen molar-refractivity contribution in [2.75, 3.05) is 17.7 Å². The van der Waals surface area contributed by atoms with Crippen molar-refractivity contribution in [3.8, 4) is 5.75 Å². The van der Waals surface area contributed by atoms with Gasteiger partial charge in [-0.1, -0.05) is 18.5 Å². The summed E-state index contributed by atoms with van der Waals surface area (Å²) in [6, 6.07) is 6.83. The number of carbonyl (C=O) groups is 1. The summed E-state index contributed by atoms with van der Waals surface area (Å²) in [5.74, 6) is 0.334. The maximum atomic E-state index is 12.2. The number of carbonyl (C=O) groups excluding carboxylic acids is 1. The van der Waals surface area contributed by atoms with Gasteiger partial charge in [0, 0.05) is 5.02 Å². The minimum Gasteiger partial charge on any atom is -0.491 e. The number of nitrogens with two attached hydrogens (primary N) is 1. The van der Waals surface area contributed by atoms with Gasteiger partial charge < -0.3 is 15.8 Å². The second kappa shape index (κ2) is 6.63. The van der Waals surface area contributed by atoms with Crippen molar-refractivity contribution < 1.29 is 9.53 Å². The number of benzene rings is 1. The zero-order valence-corrected chi connectivity index (χ0v) is 12.6. The first-order chi connectivity index (χ1) is 9.61. The summed E-state index contributed by atoms with van der Waals surface area (Å²) in [6.07, 6.45) is 0.883. The summed E-state index contributed by atoms with van der Waals surface area (Å²) in [4.78, 5) is 12.6. The molecule has 6 heteroatoms. The number of anilines is 2. The van der Waals surface area contributed by atoms with Gasteiger partial charge in [0.15, 0.2) is 0 Å². The zero-order valence-electron chi connectivity index (χ0n) is 11.0. The van der Waals surface area contributed by atoms with Crippen LogP contribution >= 0.6 is 22.9 Å². The van der Waals surface area contributed by atoms with Crippen LogP contribution in [0.5, 0.6) is 5.75 Å². The van der Waals surface area contributed by atoms with E-state index in [4.69, 9.17) is 22.1 Å². The summed E-state index contributed by atoms with van der Waals surface area (Å²) >= 11 is 7.26. The monoisotopic (exact) mass is 310 g/mol. The van der Waals surface area contributed by atoms with Crippen LogP contribution in [-0.4, -0.2) is 12.5 Å². The normalized spacial score (nSPS) is 10.3. The number of thiophene rings is 1. The van der Waals surface area contributed by atoms with Crippen LogP contribution in [0.4, 0.5) is 11.4 Å². The number of amides is 1.